The van der Waals surface area contributed by atoms with E-state index in [2.05, 4.69) is 41.5 Å². The van der Waals surface area contributed by atoms with Gasteiger partial charge in [0.1, 0.15) is 0 Å². The molecule has 0 aliphatic carbocycles. The van der Waals surface area contributed by atoms with Gasteiger partial charge < -0.3 is 5.32 Å². The second kappa shape index (κ2) is 6.40. The van der Waals surface area contributed by atoms with Crippen molar-refractivity contribution in [1.82, 2.24) is 25.0 Å². The van der Waals surface area contributed by atoms with Gasteiger partial charge in [0.15, 0.2) is 5.69 Å². The highest BCUT2D eigenvalue weighted by Crippen LogP contribution is 2.20. The number of halogens is 1. The number of hydrogen-bond donors (Lipinski definition) is 1. The largest absolute Gasteiger partial charge is 0.320 e. The quantitative estimate of drug-likeness (QED) is 0.576. The molecule has 0 bridgehead atoms. The summed E-state index contributed by atoms with van der Waals surface area (Å²) in [6.45, 7) is 0. The molecule has 2 aromatic carbocycles. The number of amides is 1. The Morgan fingerprint density at radius 2 is 1.84 bits per heavy atom. The molecule has 8 heteroatoms. The molecule has 4 rings (SSSR count). The van der Waals surface area contributed by atoms with Crippen LogP contribution >= 0.6 is 15.9 Å². The van der Waals surface area contributed by atoms with E-state index < -0.39 is 0 Å². The third kappa shape index (κ3) is 3.11. The van der Waals surface area contributed by atoms with E-state index in [-0.39, 0.29) is 11.6 Å². The highest BCUT2D eigenvalue weighted by atomic mass is 79.9. The van der Waals surface area contributed by atoms with E-state index in [1.807, 2.05) is 24.3 Å². The molecule has 0 unspecified atom stereocenters. The maximum atomic E-state index is 12.4. The number of para-hydroxylation sites is 1. The van der Waals surface area contributed by atoms with Crippen molar-refractivity contribution in [3.05, 3.63) is 71.2 Å². The lowest BCUT2D eigenvalue weighted by Crippen LogP contribution is -2.12. The van der Waals surface area contributed by atoms with Crippen LogP contribution in [0, 0.1) is 0 Å². The minimum absolute atomic E-state index is 0.218. The predicted molar refractivity (Wildman–Crippen MR) is 96.6 cm³/mol. The van der Waals surface area contributed by atoms with Gasteiger partial charge in [-0.05, 0) is 46.3 Å². The van der Waals surface area contributed by atoms with Crippen LogP contribution < -0.4 is 5.32 Å². The maximum absolute atomic E-state index is 12.4. The minimum atomic E-state index is -0.346. The van der Waals surface area contributed by atoms with Gasteiger partial charge in [0.25, 0.3) is 5.91 Å². The third-order valence-corrected chi connectivity index (χ3v) is 4.22. The smallest absolute Gasteiger partial charge is 0.277 e. The molecular weight excluding hydrogens is 384 g/mol. The summed E-state index contributed by atoms with van der Waals surface area (Å²) in [6, 6.07) is 12.9. The van der Waals surface area contributed by atoms with E-state index >= 15 is 0 Å². The Kier molecular flexibility index (Phi) is 3.95. The number of nitrogens with zero attached hydrogens (tertiary/aromatic N) is 5. The normalized spacial score (nSPS) is 10.8. The van der Waals surface area contributed by atoms with Crippen LogP contribution in [0.3, 0.4) is 0 Å². The lowest BCUT2D eigenvalue weighted by atomic mass is 10.2. The Balaban J connectivity index is 1.58. The van der Waals surface area contributed by atoms with E-state index in [4.69, 9.17) is 0 Å². The molecule has 2 heterocycles. The molecule has 0 saturated heterocycles. The molecule has 2 aromatic heterocycles. The summed E-state index contributed by atoms with van der Waals surface area (Å²) in [5.41, 5.74) is 3.11. The number of fused-ring (bicyclic) bond motifs is 1. The first kappa shape index (κ1) is 15.4. The van der Waals surface area contributed by atoms with Gasteiger partial charge in [-0.15, -0.1) is 5.10 Å². The first-order valence-corrected chi connectivity index (χ1v) is 8.19. The number of anilines is 1. The van der Waals surface area contributed by atoms with Gasteiger partial charge in [-0.1, -0.05) is 17.3 Å². The zero-order valence-electron chi connectivity index (χ0n) is 12.8. The van der Waals surface area contributed by atoms with Gasteiger partial charge in [0, 0.05) is 22.6 Å². The lowest BCUT2D eigenvalue weighted by molar-refractivity contribution is 0.102. The van der Waals surface area contributed by atoms with Gasteiger partial charge in [-0.3, -0.25) is 14.8 Å². The Hall–Kier alpha value is -3.13. The summed E-state index contributed by atoms with van der Waals surface area (Å²) < 4.78 is 2.41. The van der Waals surface area contributed by atoms with E-state index in [1.54, 1.807) is 41.5 Å². The topological polar surface area (TPSA) is 85.6 Å². The average Bonchev–Trinajstić information content (AvgIpc) is 3.12. The number of nitrogens with one attached hydrogen (secondary N) is 1. The van der Waals surface area contributed by atoms with E-state index in [0.29, 0.717) is 11.2 Å². The van der Waals surface area contributed by atoms with Crippen molar-refractivity contribution in [2.75, 3.05) is 5.32 Å². The molecule has 0 spiro atoms. The van der Waals surface area contributed by atoms with Crippen LogP contribution in [0.1, 0.15) is 10.5 Å². The Morgan fingerprint density at radius 1 is 1.04 bits per heavy atom. The fraction of sp³-hybridized carbons (Fsp3) is 0. The molecule has 1 N–H and O–H groups in total. The van der Waals surface area contributed by atoms with Gasteiger partial charge in [0.05, 0.1) is 22.9 Å². The highest BCUT2D eigenvalue weighted by Gasteiger charge is 2.13. The van der Waals surface area contributed by atoms with Crippen molar-refractivity contribution >= 4 is 38.6 Å². The van der Waals surface area contributed by atoms with Crippen molar-refractivity contribution in [1.29, 1.82) is 0 Å². The van der Waals surface area contributed by atoms with Crippen LogP contribution in [0.15, 0.2) is 65.5 Å². The Bertz CT molecular complexity index is 1080. The number of carbonyl (C=O) groups excluding carboxylic acids is 1. The monoisotopic (exact) mass is 394 g/mol. The highest BCUT2D eigenvalue weighted by molar-refractivity contribution is 9.10. The molecule has 0 radical (unpaired) electrons. The average molecular weight is 395 g/mol. The minimum Gasteiger partial charge on any atom is -0.320 e. The van der Waals surface area contributed by atoms with E-state index in [1.165, 1.54) is 0 Å². The molecule has 0 fully saturated rings. The second-order valence-electron chi connectivity index (χ2n) is 5.21. The summed E-state index contributed by atoms with van der Waals surface area (Å²) >= 11 is 3.45. The molecule has 0 saturated carbocycles. The van der Waals surface area contributed by atoms with Crippen LogP contribution in [0.5, 0.6) is 0 Å². The Morgan fingerprint density at radius 3 is 2.68 bits per heavy atom. The number of rotatable bonds is 3. The summed E-state index contributed by atoms with van der Waals surface area (Å²) in [6.07, 6.45) is 4.81. The van der Waals surface area contributed by atoms with E-state index in [0.717, 1.165) is 15.7 Å². The van der Waals surface area contributed by atoms with Crippen molar-refractivity contribution < 1.29 is 4.79 Å². The fourth-order valence-electron chi connectivity index (χ4n) is 2.36. The summed E-state index contributed by atoms with van der Waals surface area (Å²) in [5.74, 6) is -0.346. The van der Waals surface area contributed by atoms with E-state index in [9.17, 15) is 4.79 Å². The van der Waals surface area contributed by atoms with Crippen LogP contribution in [0.2, 0.25) is 0 Å². The van der Waals surface area contributed by atoms with Gasteiger partial charge in [-0.2, -0.15) is 0 Å². The molecule has 0 atom stereocenters. The summed E-state index contributed by atoms with van der Waals surface area (Å²) in [4.78, 5) is 20.8. The molecule has 122 valence electrons. The van der Waals surface area contributed by atoms with Crippen molar-refractivity contribution in [2.24, 2.45) is 0 Å². The number of aromatic nitrogens is 5. The Labute approximate surface area is 150 Å². The zero-order valence-corrected chi connectivity index (χ0v) is 14.4. The van der Waals surface area contributed by atoms with Gasteiger partial charge in [0.2, 0.25) is 0 Å². The van der Waals surface area contributed by atoms with Crippen molar-refractivity contribution in [2.45, 2.75) is 0 Å². The maximum Gasteiger partial charge on any atom is 0.277 e. The fourth-order valence-corrected chi connectivity index (χ4v) is 2.83. The van der Waals surface area contributed by atoms with Crippen LogP contribution in [-0.2, 0) is 0 Å². The lowest BCUT2D eigenvalue weighted by Gasteiger charge is -2.04. The van der Waals surface area contributed by atoms with Gasteiger partial charge in [-0.25, -0.2) is 4.68 Å². The van der Waals surface area contributed by atoms with Gasteiger partial charge >= 0.3 is 0 Å². The SMILES string of the molecule is O=C(Nc1ccc2nccnc2c1)c1cn(-c2ccccc2Br)nn1. The van der Waals surface area contributed by atoms with Crippen LogP contribution in [0.25, 0.3) is 16.7 Å². The number of benzene rings is 2. The van der Waals surface area contributed by atoms with Crippen molar-refractivity contribution in [3.63, 3.8) is 0 Å². The van der Waals surface area contributed by atoms with Crippen molar-refractivity contribution in [3.8, 4) is 5.69 Å². The first-order chi connectivity index (χ1) is 12.2. The zero-order chi connectivity index (χ0) is 17.2. The molecule has 7 nitrogen and oxygen atoms in total. The van der Waals surface area contributed by atoms with Crippen LogP contribution in [0.4, 0.5) is 5.69 Å². The number of carbonyl (C=O) groups is 1. The molecule has 25 heavy (non-hydrogen) atoms. The predicted octanol–water partition coefficient (Wildman–Crippen LogP) is 3.23. The second-order valence-corrected chi connectivity index (χ2v) is 6.07. The summed E-state index contributed by atoms with van der Waals surface area (Å²) in [5, 5.41) is 10.8. The molecule has 4 aromatic rings. The van der Waals surface area contributed by atoms with Crippen LogP contribution in [-0.4, -0.2) is 30.9 Å². The molecule has 0 aliphatic heterocycles. The molecular formula is C17H11BrN6O. The first-order valence-electron chi connectivity index (χ1n) is 7.40. The standard InChI is InChI=1S/C17H11BrN6O/c18-12-3-1-2-4-16(12)24-10-15(22-23-24)17(25)21-11-5-6-13-14(9-11)20-8-7-19-13/h1-10H,(H,21,25). The third-order valence-electron chi connectivity index (χ3n) is 3.55. The summed E-state index contributed by atoms with van der Waals surface area (Å²) in [7, 11) is 0. The number of hydrogen-bond acceptors (Lipinski definition) is 5. The molecule has 1 amide bonds. The molecule has 0 aliphatic rings.